The summed E-state index contributed by atoms with van der Waals surface area (Å²) in [6.45, 7) is 0.364. The molecule has 0 aliphatic heterocycles. The van der Waals surface area contributed by atoms with E-state index in [9.17, 15) is 4.79 Å². The number of hydrogen-bond acceptors (Lipinski definition) is 6. The molecule has 4 rings (SSSR count). The lowest BCUT2D eigenvalue weighted by atomic mass is 10.4. The number of aromatic nitrogens is 6. The van der Waals surface area contributed by atoms with Gasteiger partial charge in [0.05, 0.1) is 24.4 Å². The van der Waals surface area contributed by atoms with E-state index in [1.807, 2.05) is 16.1 Å². The highest BCUT2D eigenvalue weighted by Gasteiger charge is 2.27. The van der Waals surface area contributed by atoms with Gasteiger partial charge in [0.15, 0.2) is 5.82 Å². The number of hydrogen-bond donors (Lipinski definition) is 0. The predicted molar refractivity (Wildman–Crippen MR) is 69.1 cm³/mol. The molecule has 96 valence electrons. The van der Waals surface area contributed by atoms with Crippen LogP contribution in [0.5, 0.6) is 0 Å². The Morgan fingerprint density at radius 1 is 1.42 bits per heavy atom. The van der Waals surface area contributed by atoms with Crippen molar-refractivity contribution in [3.63, 3.8) is 0 Å². The van der Waals surface area contributed by atoms with Gasteiger partial charge in [-0.1, -0.05) is 0 Å². The molecule has 0 bridgehead atoms. The van der Waals surface area contributed by atoms with Gasteiger partial charge in [0, 0.05) is 0 Å². The molecule has 0 spiro atoms. The van der Waals surface area contributed by atoms with Crippen molar-refractivity contribution in [2.75, 3.05) is 0 Å². The molecule has 1 aliphatic carbocycles. The maximum Gasteiger partial charge on any atom is 0.271 e. The van der Waals surface area contributed by atoms with Gasteiger partial charge in [-0.3, -0.25) is 9.36 Å². The molecule has 0 unspecified atom stereocenters. The zero-order chi connectivity index (χ0) is 12.8. The average Bonchev–Trinajstić information content (AvgIpc) is 2.97. The third-order valence-electron chi connectivity index (χ3n) is 3.20. The summed E-state index contributed by atoms with van der Waals surface area (Å²) >= 11 is 1.41. The van der Waals surface area contributed by atoms with Crippen LogP contribution in [0, 0.1) is 0 Å². The second-order valence-corrected chi connectivity index (χ2v) is 5.50. The molecule has 0 N–H and O–H groups in total. The minimum Gasteiger partial charge on any atom is -0.290 e. The first kappa shape index (κ1) is 10.8. The SMILES string of the molecule is O=c1c2sccc2ncn1Cc1nnnn1C1CC1. The third-order valence-corrected chi connectivity index (χ3v) is 4.09. The van der Waals surface area contributed by atoms with E-state index < -0.39 is 0 Å². The van der Waals surface area contributed by atoms with Crippen molar-refractivity contribution in [3.05, 3.63) is 34.0 Å². The molecule has 7 nitrogen and oxygen atoms in total. The summed E-state index contributed by atoms with van der Waals surface area (Å²) in [5.74, 6) is 0.710. The summed E-state index contributed by atoms with van der Waals surface area (Å²) < 4.78 is 4.04. The largest absolute Gasteiger partial charge is 0.290 e. The molecule has 3 aromatic heterocycles. The molecular formula is C11H10N6OS. The molecule has 0 saturated heterocycles. The number of rotatable bonds is 3. The Hall–Kier alpha value is -2.09. The highest BCUT2D eigenvalue weighted by Crippen LogP contribution is 2.34. The van der Waals surface area contributed by atoms with Gasteiger partial charge in [0.1, 0.15) is 4.70 Å². The van der Waals surface area contributed by atoms with Crippen molar-refractivity contribution >= 4 is 21.6 Å². The molecule has 0 aromatic carbocycles. The smallest absolute Gasteiger partial charge is 0.271 e. The van der Waals surface area contributed by atoms with Crippen molar-refractivity contribution in [2.24, 2.45) is 0 Å². The molecule has 3 aromatic rings. The molecule has 1 aliphatic rings. The maximum absolute atomic E-state index is 12.3. The molecule has 0 radical (unpaired) electrons. The van der Waals surface area contributed by atoms with E-state index in [-0.39, 0.29) is 5.56 Å². The fraction of sp³-hybridized carbons (Fsp3) is 0.364. The van der Waals surface area contributed by atoms with Gasteiger partial charge in [-0.15, -0.1) is 16.4 Å². The lowest BCUT2D eigenvalue weighted by Gasteiger charge is -2.05. The number of thiophene rings is 1. The lowest BCUT2D eigenvalue weighted by Crippen LogP contribution is -2.22. The van der Waals surface area contributed by atoms with E-state index in [1.54, 1.807) is 10.9 Å². The summed E-state index contributed by atoms with van der Waals surface area (Å²) in [5, 5.41) is 13.5. The fourth-order valence-corrected chi connectivity index (χ4v) is 2.86. The standard InChI is InChI=1S/C11H10N6OS/c18-11-10-8(3-4-19-10)12-6-16(11)5-9-13-14-15-17(9)7-1-2-7/h3-4,6-7H,1-2,5H2. The fourth-order valence-electron chi connectivity index (χ4n) is 2.06. The molecule has 0 amide bonds. The third kappa shape index (κ3) is 1.75. The molecule has 3 heterocycles. The van der Waals surface area contributed by atoms with Crippen LogP contribution in [0.15, 0.2) is 22.6 Å². The summed E-state index contributed by atoms with van der Waals surface area (Å²) in [6.07, 6.45) is 3.77. The number of tetrazole rings is 1. The second kappa shape index (κ2) is 3.95. The quantitative estimate of drug-likeness (QED) is 0.706. The molecule has 19 heavy (non-hydrogen) atoms. The van der Waals surface area contributed by atoms with E-state index in [2.05, 4.69) is 20.5 Å². The predicted octanol–water partition coefficient (Wildman–Crippen LogP) is 0.828. The first-order valence-electron chi connectivity index (χ1n) is 6.02. The summed E-state index contributed by atoms with van der Waals surface area (Å²) in [7, 11) is 0. The average molecular weight is 274 g/mol. The highest BCUT2D eigenvalue weighted by molar-refractivity contribution is 7.17. The van der Waals surface area contributed by atoms with Crippen LogP contribution in [0.25, 0.3) is 10.2 Å². The van der Waals surface area contributed by atoms with E-state index in [0.717, 1.165) is 18.4 Å². The lowest BCUT2D eigenvalue weighted by molar-refractivity contribution is 0.562. The van der Waals surface area contributed by atoms with Gasteiger partial charge in [-0.2, -0.15) is 0 Å². The zero-order valence-corrected chi connectivity index (χ0v) is 10.7. The summed E-state index contributed by atoms with van der Waals surface area (Å²) in [6, 6.07) is 2.25. The number of nitrogens with zero attached hydrogens (tertiary/aromatic N) is 6. The minimum absolute atomic E-state index is 0.0367. The molecule has 0 atom stereocenters. The topological polar surface area (TPSA) is 78.5 Å². The minimum atomic E-state index is -0.0367. The highest BCUT2D eigenvalue weighted by atomic mass is 32.1. The van der Waals surface area contributed by atoms with Crippen LogP contribution in [0.2, 0.25) is 0 Å². The van der Waals surface area contributed by atoms with Gasteiger partial charge >= 0.3 is 0 Å². The molecule has 8 heteroatoms. The van der Waals surface area contributed by atoms with Crippen LogP contribution >= 0.6 is 11.3 Å². The van der Waals surface area contributed by atoms with Gasteiger partial charge in [0.25, 0.3) is 5.56 Å². The Morgan fingerprint density at radius 3 is 3.16 bits per heavy atom. The first-order chi connectivity index (χ1) is 9.33. The van der Waals surface area contributed by atoms with Crippen molar-refractivity contribution in [1.82, 2.24) is 29.8 Å². The van der Waals surface area contributed by atoms with E-state index in [4.69, 9.17) is 0 Å². The Kier molecular flexibility index (Phi) is 2.25. The van der Waals surface area contributed by atoms with E-state index >= 15 is 0 Å². The van der Waals surface area contributed by atoms with E-state index in [0.29, 0.717) is 23.1 Å². The summed E-state index contributed by atoms with van der Waals surface area (Å²) in [5.41, 5.74) is 0.707. The monoisotopic (exact) mass is 274 g/mol. The van der Waals surface area contributed by atoms with Crippen LogP contribution in [0.3, 0.4) is 0 Å². The van der Waals surface area contributed by atoms with Crippen molar-refractivity contribution in [3.8, 4) is 0 Å². The Bertz CT molecular complexity index is 799. The molecular weight excluding hydrogens is 264 g/mol. The van der Waals surface area contributed by atoms with Crippen LogP contribution in [0.4, 0.5) is 0 Å². The summed E-state index contributed by atoms with van der Waals surface area (Å²) in [4.78, 5) is 16.5. The Balaban J connectivity index is 1.76. The van der Waals surface area contributed by atoms with Crippen LogP contribution in [-0.2, 0) is 6.54 Å². The normalized spacial score (nSPS) is 15.2. The van der Waals surface area contributed by atoms with Crippen molar-refractivity contribution in [2.45, 2.75) is 25.4 Å². The van der Waals surface area contributed by atoms with Crippen LogP contribution in [-0.4, -0.2) is 29.8 Å². The van der Waals surface area contributed by atoms with E-state index in [1.165, 1.54) is 11.3 Å². The van der Waals surface area contributed by atoms with Gasteiger partial charge < -0.3 is 0 Å². The van der Waals surface area contributed by atoms with Crippen LogP contribution < -0.4 is 5.56 Å². The zero-order valence-electron chi connectivity index (χ0n) is 9.93. The van der Waals surface area contributed by atoms with Crippen LogP contribution in [0.1, 0.15) is 24.7 Å². The van der Waals surface area contributed by atoms with Gasteiger partial charge in [0.2, 0.25) is 0 Å². The van der Waals surface area contributed by atoms with Crippen molar-refractivity contribution < 1.29 is 0 Å². The second-order valence-electron chi connectivity index (χ2n) is 4.58. The molecule has 1 saturated carbocycles. The van der Waals surface area contributed by atoms with Crippen molar-refractivity contribution in [1.29, 1.82) is 0 Å². The Morgan fingerprint density at radius 2 is 2.32 bits per heavy atom. The van der Waals surface area contributed by atoms with Gasteiger partial charge in [-0.25, -0.2) is 9.67 Å². The Labute approximate surface area is 111 Å². The number of fused-ring (bicyclic) bond motifs is 1. The van der Waals surface area contributed by atoms with Gasteiger partial charge in [-0.05, 0) is 34.7 Å². The maximum atomic E-state index is 12.3. The first-order valence-corrected chi connectivity index (χ1v) is 6.90. The molecule has 1 fully saturated rings.